The van der Waals surface area contributed by atoms with Crippen molar-refractivity contribution in [3.05, 3.63) is 93.3 Å². The van der Waals surface area contributed by atoms with Crippen LogP contribution in [0.5, 0.6) is 0 Å². The number of H-pyrrole nitrogens is 1. The van der Waals surface area contributed by atoms with E-state index in [0.717, 1.165) is 51.3 Å². The maximum Gasteiger partial charge on any atom is 0.0848 e. The molecule has 0 spiro atoms. The van der Waals surface area contributed by atoms with Crippen LogP contribution >= 0.6 is 0 Å². The summed E-state index contributed by atoms with van der Waals surface area (Å²) in [6, 6.07) is 16.3. The molecule has 3 heterocycles. The van der Waals surface area contributed by atoms with Gasteiger partial charge in [0, 0.05) is 44.5 Å². The average Bonchev–Trinajstić information content (AvgIpc) is 3.37. The highest BCUT2D eigenvalue weighted by atomic mass is 16.3. The van der Waals surface area contributed by atoms with E-state index in [2.05, 4.69) is 102 Å². The highest BCUT2D eigenvalue weighted by Crippen LogP contribution is 2.27. The molecule has 0 amide bonds. The minimum absolute atomic E-state index is 0.208. The Bertz CT molecular complexity index is 1240. The first-order chi connectivity index (χ1) is 17.9. The number of nitrogens with zero attached hydrogens (tertiary/aromatic N) is 3. The highest BCUT2D eigenvalue weighted by Gasteiger charge is 2.21. The van der Waals surface area contributed by atoms with Gasteiger partial charge < -0.3 is 5.11 Å². The second-order valence-electron chi connectivity index (χ2n) is 11.4. The number of rotatable bonds is 8. The normalized spacial score (nSPS) is 18.2. The Kier molecular flexibility index (Phi) is 7.94. The van der Waals surface area contributed by atoms with Crippen molar-refractivity contribution >= 4 is 6.08 Å². The summed E-state index contributed by atoms with van der Waals surface area (Å²) in [7, 11) is 0. The van der Waals surface area contributed by atoms with E-state index < -0.39 is 0 Å². The summed E-state index contributed by atoms with van der Waals surface area (Å²) in [5.41, 5.74) is 10.7. The minimum Gasteiger partial charge on any atom is -0.395 e. The first-order valence-electron chi connectivity index (χ1n) is 13.9. The van der Waals surface area contributed by atoms with Gasteiger partial charge in [-0.3, -0.25) is 14.9 Å². The number of hydrogen-bond acceptors (Lipinski definition) is 4. The lowest BCUT2D eigenvalue weighted by Crippen LogP contribution is -2.39. The van der Waals surface area contributed by atoms with Gasteiger partial charge in [-0.2, -0.15) is 5.10 Å². The molecular weight excluding hydrogens is 456 g/mol. The summed E-state index contributed by atoms with van der Waals surface area (Å²) in [5, 5.41) is 17.4. The average molecular weight is 499 g/mol. The van der Waals surface area contributed by atoms with Gasteiger partial charge in [0.25, 0.3) is 0 Å². The van der Waals surface area contributed by atoms with Gasteiger partial charge >= 0.3 is 0 Å². The number of aliphatic hydroxyl groups is 1. The summed E-state index contributed by atoms with van der Waals surface area (Å²) in [5.74, 6) is 0.876. The molecule has 5 heteroatoms. The van der Waals surface area contributed by atoms with Gasteiger partial charge in [0.15, 0.2) is 0 Å². The first kappa shape index (κ1) is 25.9. The van der Waals surface area contributed by atoms with Crippen molar-refractivity contribution in [3.63, 3.8) is 0 Å². The van der Waals surface area contributed by atoms with Crippen molar-refractivity contribution < 1.29 is 5.11 Å². The van der Waals surface area contributed by atoms with Crippen molar-refractivity contribution in [2.45, 2.75) is 78.0 Å². The third-order valence-electron chi connectivity index (χ3n) is 8.27. The first-order valence-corrected chi connectivity index (χ1v) is 13.9. The highest BCUT2D eigenvalue weighted by molar-refractivity contribution is 5.48. The van der Waals surface area contributed by atoms with E-state index in [0.29, 0.717) is 11.8 Å². The number of hydrogen-bond donors (Lipinski definition) is 2. The number of aromatic nitrogens is 2. The number of nitrogens with one attached hydrogen (secondary N) is 1. The summed E-state index contributed by atoms with van der Waals surface area (Å²) >= 11 is 0. The molecule has 0 radical (unpaired) electrons. The third kappa shape index (κ3) is 6.06. The van der Waals surface area contributed by atoms with Crippen molar-refractivity contribution in [2.24, 2.45) is 0 Å². The smallest absolute Gasteiger partial charge is 0.0848 e. The van der Waals surface area contributed by atoms with Crippen LogP contribution < -0.4 is 0 Å². The monoisotopic (exact) mass is 498 g/mol. The predicted octanol–water partition coefficient (Wildman–Crippen LogP) is 5.65. The van der Waals surface area contributed by atoms with Crippen molar-refractivity contribution in [2.75, 3.05) is 19.7 Å². The van der Waals surface area contributed by atoms with Crippen molar-refractivity contribution in [1.82, 2.24) is 20.0 Å². The summed E-state index contributed by atoms with van der Waals surface area (Å²) in [6.45, 7) is 14.0. The Balaban J connectivity index is 1.20. The number of fused-ring (bicyclic) bond motifs is 2. The second-order valence-corrected chi connectivity index (χ2v) is 11.4. The zero-order valence-corrected chi connectivity index (χ0v) is 22.9. The van der Waals surface area contributed by atoms with Gasteiger partial charge in [-0.15, -0.1) is 0 Å². The van der Waals surface area contributed by atoms with Crippen LogP contribution in [-0.2, 0) is 32.5 Å². The van der Waals surface area contributed by atoms with Gasteiger partial charge in [-0.25, -0.2) is 0 Å². The molecule has 196 valence electrons. The molecule has 2 N–H and O–H groups in total. The molecule has 2 aliphatic heterocycles. The lowest BCUT2D eigenvalue weighted by molar-refractivity contribution is 0.123. The molecular formula is C32H42N4O. The maximum atomic E-state index is 9.55. The Morgan fingerprint density at radius 3 is 2.35 bits per heavy atom. The van der Waals surface area contributed by atoms with Crippen molar-refractivity contribution in [3.8, 4) is 0 Å². The fraction of sp³-hybridized carbons (Fsp3) is 0.469. The number of aliphatic hydroxyl groups excluding tert-OH is 1. The molecule has 0 aliphatic carbocycles. The fourth-order valence-electron chi connectivity index (χ4n) is 5.64. The molecule has 1 unspecified atom stereocenters. The molecule has 2 atom stereocenters. The quantitative estimate of drug-likeness (QED) is 0.422. The lowest BCUT2D eigenvalue weighted by atomic mass is 9.92. The maximum absolute atomic E-state index is 9.55. The molecule has 5 rings (SSSR count). The van der Waals surface area contributed by atoms with E-state index >= 15 is 0 Å². The zero-order valence-electron chi connectivity index (χ0n) is 22.9. The summed E-state index contributed by atoms with van der Waals surface area (Å²) < 4.78 is 0. The number of benzene rings is 2. The molecule has 3 aromatic rings. The van der Waals surface area contributed by atoms with Crippen LogP contribution in [0.25, 0.3) is 6.08 Å². The molecule has 0 bridgehead atoms. The Morgan fingerprint density at radius 1 is 0.892 bits per heavy atom. The van der Waals surface area contributed by atoms with Gasteiger partial charge in [0.1, 0.15) is 0 Å². The van der Waals surface area contributed by atoms with E-state index in [1.165, 1.54) is 39.1 Å². The van der Waals surface area contributed by atoms with E-state index in [4.69, 9.17) is 0 Å². The molecule has 2 aromatic carbocycles. The van der Waals surface area contributed by atoms with Gasteiger partial charge in [-0.1, -0.05) is 63.2 Å². The topological polar surface area (TPSA) is 55.4 Å². The Morgan fingerprint density at radius 2 is 1.59 bits per heavy atom. The van der Waals surface area contributed by atoms with E-state index in [9.17, 15) is 5.11 Å². The standard InChI is InChI=1S/C32H42N4O/c1-22(2)27-8-6-25-11-13-35(18-29(25)15-27)20-32-17-31(33-34-32)10-5-23(3)28-9-7-26-12-14-36(24(4)21-37)19-30(26)16-28/h5-10,15-17,22-24,37H,11-14,18-21H2,1-4H3,(H,33,34)/b10-5+/t23?,24-/m0/s1. The Hall–Kier alpha value is -2.73. The van der Waals surface area contributed by atoms with E-state index in [1.807, 2.05) is 0 Å². The van der Waals surface area contributed by atoms with E-state index in [-0.39, 0.29) is 12.6 Å². The Labute approximate surface area is 222 Å². The second kappa shape index (κ2) is 11.3. The third-order valence-corrected chi connectivity index (χ3v) is 8.27. The molecule has 0 saturated heterocycles. The molecule has 1 aromatic heterocycles. The van der Waals surface area contributed by atoms with Gasteiger partial charge in [0.05, 0.1) is 12.3 Å². The van der Waals surface area contributed by atoms with Crippen LogP contribution in [-0.4, -0.2) is 50.8 Å². The molecule has 37 heavy (non-hydrogen) atoms. The van der Waals surface area contributed by atoms with Crippen LogP contribution in [0.2, 0.25) is 0 Å². The zero-order chi connectivity index (χ0) is 25.9. The lowest BCUT2D eigenvalue weighted by Gasteiger charge is -2.33. The molecule has 0 fully saturated rings. The summed E-state index contributed by atoms with van der Waals surface area (Å²) in [6.07, 6.45) is 6.57. The van der Waals surface area contributed by atoms with Crippen molar-refractivity contribution in [1.29, 1.82) is 0 Å². The SMILES string of the molecule is CC(C)c1ccc2c(c1)CN(Cc1cc(/C=C/C(C)c3ccc4c(c3)CN([C@@H](C)CO)CC4)n[nH]1)CC2. The predicted molar refractivity (Wildman–Crippen MR) is 151 cm³/mol. The minimum atomic E-state index is 0.208. The van der Waals surface area contributed by atoms with Crippen LogP contribution in [0, 0.1) is 0 Å². The van der Waals surface area contributed by atoms with Crippen LogP contribution in [0.1, 0.15) is 84.3 Å². The van der Waals surface area contributed by atoms with Crippen LogP contribution in [0.15, 0.2) is 48.5 Å². The largest absolute Gasteiger partial charge is 0.395 e. The summed E-state index contributed by atoms with van der Waals surface area (Å²) in [4.78, 5) is 4.90. The number of allylic oxidation sites excluding steroid dienone is 1. The van der Waals surface area contributed by atoms with Gasteiger partial charge in [-0.05, 0) is 77.1 Å². The van der Waals surface area contributed by atoms with Crippen LogP contribution in [0.4, 0.5) is 0 Å². The molecule has 0 saturated carbocycles. The number of aromatic amines is 1. The fourth-order valence-corrected chi connectivity index (χ4v) is 5.64. The van der Waals surface area contributed by atoms with Crippen LogP contribution in [0.3, 0.4) is 0 Å². The van der Waals surface area contributed by atoms with E-state index in [1.54, 1.807) is 0 Å². The molecule has 2 aliphatic rings. The van der Waals surface area contributed by atoms with Gasteiger partial charge in [0.2, 0.25) is 0 Å². The molecule has 5 nitrogen and oxygen atoms in total.